The monoisotopic (exact) mass is 465 g/mol. The number of nitrogens with one attached hydrogen (secondary N) is 1. The molecule has 3 aromatic rings. The smallest absolute Gasteiger partial charge is 0.276 e. The molecule has 2 heterocycles. The number of carbonyl (C=O) groups is 2. The molecule has 0 spiro atoms. The zero-order chi connectivity index (χ0) is 23.0. The fourth-order valence-electron chi connectivity index (χ4n) is 4.16. The lowest BCUT2D eigenvalue weighted by molar-refractivity contribution is -0.127. The normalized spacial score (nSPS) is 14.9. The molecule has 1 saturated carbocycles. The molecule has 0 bridgehead atoms. The van der Waals surface area contributed by atoms with Gasteiger partial charge in [0.05, 0.1) is 25.0 Å². The van der Waals surface area contributed by atoms with Gasteiger partial charge in [0, 0.05) is 25.0 Å². The van der Waals surface area contributed by atoms with Crippen molar-refractivity contribution in [2.75, 3.05) is 7.11 Å². The predicted octanol–water partition coefficient (Wildman–Crippen LogP) is 3.77. The number of rotatable bonds is 8. The SMILES string of the molecule is COc1ccc(CN(C(=O)c2cnsn2)C(C(=O)NC2CCCCC2)c2ccncc2)cc1. The summed E-state index contributed by atoms with van der Waals surface area (Å²) in [5, 5.41) is 3.20. The quantitative estimate of drug-likeness (QED) is 0.544. The summed E-state index contributed by atoms with van der Waals surface area (Å²) in [7, 11) is 1.61. The highest BCUT2D eigenvalue weighted by Gasteiger charge is 2.34. The number of nitrogens with zero attached hydrogens (tertiary/aromatic N) is 4. The van der Waals surface area contributed by atoms with E-state index in [9.17, 15) is 9.59 Å². The van der Waals surface area contributed by atoms with Crippen molar-refractivity contribution in [2.24, 2.45) is 0 Å². The van der Waals surface area contributed by atoms with Crippen LogP contribution >= 0.6 is 11.7 Å². The Kier molecular flexibility index (Phi) is 7.62. The topological polar surface area (TPSA) is 97.3 Å². The van der Waals surface area contributed by atoms with Gasteiger partial charge in [-0.1, -0.05) is 31.4 Å². The average molecular weight is 466 g/mol. The van der Waals surface area contributed by atoms with Gasteiger partial charge in [0.25, 0.3) is 5.91 Å². The highest BCUT2D eigenvalue weighted by atomic mass is 32.1. The number of amides is 2. The maximum absolute atomic E-state index is 13.6. The second-order valence-electron chi connectivity index (χ2n) is 8.10. The maximum atomic E-state index is 13.6. The van der Waals surface area contributed by atoms with Crippen molar-refractivity contribution in [3.63, 3.8) is 0 Å². The lowest BCUT2D eigenvalue weighted by Crippen LogP contribution is -2.47. The van der Waals surface area contributed by atoms with Crippen molar-refractivity contribution < 1.29 is 14.3 Å². The Hall–Kier alpha value is -3.33. The highest BCUT2D eigenvalue weighted by Crippen LogP contribution is 2.27. The van der Waals surface area contributed by atoms with Gasteiger partial charge in [-0.2, -0.15) is 8.75 Å². The van der Waals surface area contributed by atoms with Crippen molar-refractivity contribution in [3.05, 3.63) is 71.8 Å². The van der Waals surface area contributed by atoms with Gasteiger partial charge in [0.15, 0.2) is 5.69 Å². The molecule has 1 fully saturated rings. The Morgan fingerprint density at radius 2 is 1.85 bits per heavy atom. The number of carbonyl (C=O) groups excluding carboxylic acids is 2. The molecule has 0 saturated heterocycles. The van der Waals surface area contributed by atoms with Gasteiger partial charge in [-0.15, -0.1) is 0 Å². The van der Waals surface area contributed by atoms with E-state index in [-0.39, 0.29) is 30.1 Å². The Bertz CT molecular complexity index is 1040. The number of hydrogen-bond donors (Lipinski definition) is 1. The van der Waals surface area contributed by atoms with E-state index in [1.54, 1.807) is 36.5 Å². The van der Waals surface area contributed by atoms with Crippen molar-refractivity contribution in [1.29, 1.82) is 0 Å². The molecule has 4 rings (SSSR count). The zero-order valence-corrected chi connectivity index (χ0v) is 19.3. The molecule has 33 heavy (non-hydrogen) atoms. The molecular formula is C24H27N5O3S. The molecule has 0 radical (unpaired) electrons. The minimum Gasteiger partial charge on any atom is -0.497 e. The molecular weight excluding hydrogens is 438 g/mol. The number of pyridine rings is 1. The predicted molar refractivity (Wildman–Crippen MR) is 125 cm³/mol. The summed E-state index contributed by atoms with van der Waals surface area (Å²) in [4.78, 5) is 32.8. The van der Waals surface area contributed by atoms with Gasteiger partial charge in [0.1, 0.15) is 11.8 Å². The summed E-state index contributed by atoms with van der Waals surface area (Å²) in [6, 6.07) is 10.3. The summed E-state index contributed by atoms with van der Waals surface area (Å²) in [5.41, 5.74) is 1.79. The molecule has 2 amide bonds. The Morgan fingerprint density at radius 1 is 1.12 bits per heavy atom. The molecule has 1 N–H and O–H groups in total. The van der Waals surface area contributed by atoms with Crippen molar-refractivity contribution in [1.82, 2.24) is 23.9 Å². The third kappa shape index (κ3) is 5.73. The van der Waals surface area contributed by atoms with Gasteiger partial charge in [0.2, 0.25) is 5.91 Å². The van der Waals surface area contributed by atoms with Crippen molar-refractivity contribution >= 4 is 23.5 Å². The van der Waals surface area contributed by atoms with Gasteiger partial charge >= 0.3 is 0 Å². The highest BCUT2D eigenvalue weighted by molar-refractivity contribution is 6.99. The largest absolute Gasteiger partial charge is 0.497 e. The number of benzene rings is 1. The van der Waals surface area contributed by atoms with Crippen molar-refractivity contribution in [2.45, 2.75) is 50.7 Å². The van der Waals surface area contributed by atoms with Crippen LogP contribution in [-0.4, -0.2) is 43.6 Å². The molecule has 1 aromatic carbocycles. The van der Waals surface area contributed by atoms with Crippen LogP contribution in [0.4, 0.5) is 0 Å². The van der Waals surface area contributed by atoms with Gasteiger partial charge in [-0.05, 0) is 48.2 Å². The van der Waals surface area contributed by atoms with Crippen LogP contribution in [0.25, 0.3) is 0 Å². The summed E-state index contributed by atoms with van der Waals surface area (Å²) in [5.74, 6) is 0.180. The Labute approximate surface area is 197 Å². The standard InChI is InChI=1S/C24H27N5O3S/c1-32-20-9-7-17(8-10-20)16-29(24(31)21-15-26-33-28-21)22(18-11-13-25-14-12-18)23(30)27-19-5-3-2-4-6-19/h7-15,19,22H,2-6,16H2,1H3,(H,27,30). The number of hydrogen-bond acceptors (Lipinski definition) is 7. The van der Waals surface area contributed by atoms with Crippen LogP contribution in [0.1, 0.15) is 59.8 Å². The lowest BCUT2D eigenvalue weighted by Gasteiger charge is -2.33. The third-order valence-electron chi connectivity index (χ3n) is 5.89. The van der Waals surface area contributed by atoms with E-state index in [4.69, 9.17) is 4.74 Å². The first-order valence-electron chi connectivity index (χ1n) is 11.1. The van der Waals surface area contributed by atoms with E-state index < -0.39 is 6.04 Å². The van der Waals surface area contributed by atoms with Crippen molar-refractivity contribution in [3.8, 4) is 5.75 Å². The van der Waals surface area contributed by atoms with Crippen LogP contribution in [0.2, 0.25) is 0 Å². The summed E-state index contributed by atoms with van der Waals surface area (Å²) in [6.07, 6.45) is 10.0. The number of methoxy groups -OCH3 is 1. The minimum atomic E-state index is -0.828. The second kappa shape index (κ2) is 11.0. The molecule has 1 atom stereocenters. The molecule has 8 nitrogen and oxygen atoms in total. The van der Waals surface area contributed by atoms with E-state index in [2.05, 4.69) is 19.0 Å². The number of ether oxygens (including phenoxy) is 1. The molecule has 1 aliphatic carbocycles. The van der Waals surface area contributed by atoms with Gasteiger partial charge < -0.3 is 15.0 Å². The number of aromatic nitrogens is 3. The van der Waals surface area contributed by atoms with Crippen LogP contribution in [0.3, 0.4) is 0 Å². The first-order valence-corrected chi connectivity index (χ1v) is 11.8. The first kappa shape index (κ1) is 22.8. The van der Waals surface area contributed by atoms with Crippen LogP contribution < -0.4 is 10.1 Å². The van der Waals surface area contributed by atoms with Crippen LogP contribution in [-0.2, 0) is 11.3 Å². The van der Waals surface area contributed by atoms with E-state index in [1.165, 1.54) is 12.6 Å². The molecule has 1 unspecified atom stereocenters. The molecule has 9 heteroatoms. The van der Waals surface area contributed by atoms with E-state index in [0.29, 0.717) is 5.56 Å². The van der Waals surface area contributed by atoms with E-state index >= 15 is 0 Å². The van der Waals surface area contributed by atoms with E-state index in [0.717, 1.165) is 48.7 Å². The Morgan fingerprint density at radius 3 is 2.48 bits per heavy atom. The third-order valence-corrected chi connectivity index (χ3v) is 6.36. The molecule has 172 valence electrons. The first-order chi connectivity index (χ1) is 16.2. The van der Waals surface area contributed by atoms with Crippen LogP contribution in [0.15, 0.2) is 55.0 Å². The molecule has 1 aliphatic rings. The zero-order valence-electron chi connectivity index (χ0n) is 18.5. The fraction of sp³-hybridized carbons (Fsp3) is 0.375. The van der Waals surface area contributed by atoms with Crippen LogP contribution in [0.5, 0.6) is 5.75 Å². The fourth-order valence-corrected chi connectivity index (χ4v) is 4.57. The summed E-state index contributed by atoms with van der Waals surface area (Å²) < 4.78 is 13.4. The summed E-state index contributed by atoms with van der Waals surface area (Å²) in [6.45, 7) is 0.228. The van der Waals surface area contributed by atoms with Gasteiger partial charge in [-0.25, -0.2) is 0 Å². The average Bonchev–Trinajstić information content (AvgIpc) is 3.40. The molecule has 2 aromatic heterocycles. The van der Waals surface area contributed by atoms with Gasteiger partial charge in [-0.3, -0.25) is 14.6 Å². The Balaban J connectivity index is 1.69. The maximum Gasteiger partial charge on any atom is 0.276 e. The van der Waals surface area contributed by atoms with E-state index in [1.807, 2.05) is 24.3 Å². The van der Waals surface area contributed by atoms with Crippen LogP contribution in [0, 0.1) is 0 Å². The minimum absolute atomic E-state index is 0.120. The lowest BCUT2D eigenvalue weighted by atomic mass is 9.94. The summed E-state index contributed by atoms with van der Waals surface area (Å²) >= 11 is 0.966. The molecule has 0 aliphatic heterocycles. The second-order valence-corrected chi connectivity index (χ2v) is 8.66.